The Morgan fingerprint density at radius 2 is 1.84 bits per heavy atom. The summed E-state index contributed by atoms with van der Waals surface area (Å²) >= 11 is 0. The molecule has 1 aromatic carbocycles. The Morgan fingerprint density at radius 3 is 2.66 bits per heavy atom. The molecule has 3 aromatic rings. The lowest BCUT2D eigenvalue weighted by molar-refractivity contribution is -0.139. The third kappa shape index (κ3) is 5.62. The van der Waals surface area contributed by atoms with Gasteiger partial charge in [0.25, 0.3) is 0 Å². The molecule has 0 bridgehead atoms. The van der Waals surface area contributed by atoms with Gasteiger partial charge >= 0.3 is 0 Å². The molecule has 1 fully saturated rings. The first-order valence-electron chi connectivity index (χ1n) is 10.8. The summed E-state index contributed by atoms with van der Waals surface area (Å²) in [5.41, 5.74) is 2.78. The first-order valence-corrected chi connectivity index (χ1v) is 10.8. The minimum atomic E-state index is -0.266. The molecular weight excluding hydrogens is 404 g/mol. The third-order valence-corrected chi connectivity index (χ3v) is 5.33. The van der Waals surface area contributed by atoms with Crippen LogP contribution in [0.15, 0.2) is 60.7 Å². The molecule has 0 spiro atoms. The fraction of sp³-hybridized carbons (Fsp3) is 0.320. The number of para-hydroxylation sites is 1. The fourth-order valence-electron chi connectivity index (χ4n) is 3.62. The van der Waals surface area contributed by atoms with Crippen LogP contribution in [0.5, 0.6) is 5.75 Å². The molecule has 0 saturated carbocycles. The number of amides is 1. The number of carbonyl (C=O) groups is 1. The van der Waals surface area contributed by atoms with E-state index in [0.29, 0.717) is 38.5 Å². The molecule has 7 nitrogen and oxygen atoms in total. The number of ether oxygens (including phenoxy) is 2. The van der Waals surface area contributed by atoms with E-state index in [4.69, 9.17) is 9.47 Å². The average Bonchev–Trinajstić information content (AvgIpc) is 2.80. The highest BCUT2D eigenvalue weighted by Crippen LogP contribution is 2.23. The van der Waals surface area contributed by atoms with E-state index in [0.717, 1.165) is 28.5 Å². The van der Waals surface area contributed by atoms with Crippen LogP contribution >= 0.6 is 0 Å². The Morgan fingerprint density at radius 1 is 1.06 bits per heavy atom. The number of nitrogens with one attached hydrogen (secondary N) is 1. The van der Waals surface area contributed by atoms with Gasteiger partial charge < -0.3 is 19.7 Å². The SMILES string of the molecule is Cc1cccc(Nc2cccc([C@@H]3CN(C(=O)CCOc4ccccc4C)CCO3)n2)n1. The molecule has 0 aliphatic carbocycles. The van der Waals surface area contributed by atoms with Crippen molar-refractivity contribution in [3.05, 3.63) is 77.6 Å². The summed E-state index contributed by atoms with van der Waals surface area (Å²) in [5, 5.41) is 3.23. The van der Waals surface area contributed by atoms with Gasteiger partial charge in [-0.2, -0.15) is 0 Å². The van der Waals surface area contributed by atoms with Gasteiger partial charge in [-0.05, 0) is 49.7 Å². The molecule has 7 heteroatoms. The Bertz CT molecular complexity index is 1070. The molecule has 1 amide bonds. The van der Waals surface area contributed by atoms with Gasteiger partial charge in [0.1, 0.15) is 23.5 Å². The van der Waals surface area contributed by atoms with Gasteiger partial charge in [0.2, 0.25) is 5.91 Å². The highest BCUT2D eigenvalue weighted by Gasteiger charge is 2.26. The van der Waals surface area contributed by atoms with Crippen LogP contribution in [-0.2, 0) is 9.53 Å². The van der Waals surface area contributed by atoms with E-state index in [1.807, 2.05) is 79.4 Å². The van der Waals surface area contributed by atoms with E-state index in [1.54, 1.807) is 0 Å². The number of anilines is 2. The second-order valence-electron chi connectivity index (χ2n) is 7.80. The summed E-state index contributed by atoms with van der Waals surface area (Å²) in [4.78, 5) is 23.7. The minimum Gasteiger partial charge on any atom is -0.493 e. The lowest BCUT2D eigenvalue weighted by Crippen LogP contribution is -2.42. The van der Waals surface area contributed by atoms with Gasteiger partial charge in [-0.15, -0.1) is 0 Å². The third-order valence-electron chi connectivity index (χ3n) is 5.33. The highest BCUT2D eigenvalue weighted by atomic mass is 16.5. The smallest absolute Gasteiger partial charge is 0.226 e. The molecular formula is C25H28N4O3. The quantitative estimate of drug-likeness (QED) is 0.603. The number of aromatic nitrogens is 2. The van der Waals surface area contributed by atoms with Crippen molar-refractivity contribution in [2.75, 3.05) is 31.6 Å². The second kappa shape index (κ2) is 10.2. The molecule has 1 atom stereocenters. The van der Waals surface area contributed by atoms with Crippen molar-refractivity contribution in [1.29, 1.82) is 0 Å². The van der Waals surface area contributed by atoms with Gasteiger partial charge in [0.05, 0.1) is 31.9 Å². The summed E-state index contributed by atoms with van der Waals surface area (Å²) in [7, 11) is 0. The topological polar surface area (TPSA) is 76.6 Å². The zero-order chi connectivity index (χ0) is 22.3. The first-order chi connectivity index (χ1) is 15.6. The molecule has 0 unspecified atom stereocenters. The fourth-order valence-corrected chi connectivity index (χ4v) is 3.62. The molecule has 4 rings (SSSR count). The van der Waals surface area contributed by atoms with Gasteiger partial charge in [-0.1, -0.05) is 30.3 Å². The number of rotatable bonds is 7. The van der Waals surface area contributed by atoms with Crippen LogP contribution < -0.4 is 10.1 Å². The van der Waals surface area contributed by atoms with Crippen molar-refractivity contribution in [2.24, 2.45) is 0 Å². The summed E-state index contributed by atoms with van der Waals surface area (Å²) in [6.07, 6.45) is 0.0620. The zero-order valence-corrected chi connectivity index (χ0v) is 18.5. The molecule has 1 aliphatic heterocycles. The summed E-state index contributed by atoms with van der Waals surface area (Å²) in [5.74, 6) is 2.31. The van der Waals surface area contributed by atoms with Gasteiger partial charge in [0.15, 0.2) is 0 Å². The average molecular weight is 433 g/mol. The maximum Gasteiger partial charge on any atom is 0.226 e. The van der Waals surface area contributed by atoms with E-state index < -0.39 is 0 Å². The Kier molecular flexibility index (Phi) is 6.97. The predicted molar refractivity (Wildman–Crippen MR) is 123 cm³/mol. The standard InChI is InChI=1S/C25H28N4O3/c1-18-7-3-4-10-21(18)31-15-13-25(30)29-14-16-32-22(17-29)20-9-6-12-24(27-20)28-23-11-5-8-19(2)26-23/h3-12,22H,13-17H2,1-2H3,(H,26,27,28)/t22-/m0/s1. The van der Waals surface area contributed by atoms with E-state index in [1.165, 1.54) is 0 Å². The van der Waals surface area contributed by atoms with E-state index in [-0.39, 0.29) is 12.0 Å². The number of carbonyl (C=O) groups excluding carboxylic acids is 1. The number of morpholine rings is 1. The number of benzene rings is 1. The van der Waals surface area contributed by atoms with E-state index in [2.05, 4.69) is 15.3 Å². The van der Waals surface area contributed by atoms with Crippen LogP contribution in [0.2, 0.25) is 0 Å². The monoisotopic (exact) mass is 432 g/mol. The number of nitrogens with zero attached hydrogens (tertiary/aromatic N) is 3. The molecule has 1 saturated heterocycles. The van der Waals surface area contributed by atoms with E-state index in [9.17, 15) is 4.79 Å². The van der Waals surface area contributed by atoms with Crippen LogP contribution in [0.1, 0.15) is 29.5 Å². The predicted octanol–water partition coefficient (Wildman–Crippen LogP) is 4.21. The van der Waals surface area contributed by atoms with Gasteiger partial charge in [-0.3, -0.25) is 4.79 Å². The second-order valence-corrected chi connectivity index (χ2v) is 7.80. The van der Waals surface area contributed by atoms with Crippen LogP contribution in [0.4, 0.5) is 11.6 Å². The number of hydrogen-bond donors (Lipinski definition) is 1. The van der Waals surface area contributed by atoms with Gasteiger partial charge in [-0.25, -0.2) is 9.97 Å². The minimum absolute atomic E-state index is 0.0603. The van der Waals surface area contributed by atoms with Crippen molar-refractivity contribution in [3.63, 3.8) is 0 Å². The maximum atomic E-state index is 12.7. The largest absolute Gasteiger partial charge is 0.493 e. The summed E-state index contributed by atoms with van der Waals surface area (Å²) < 4.78 is 11.7. The van der Waals surface area contributed by atoms with Crippen molar-refractivity contribution < 1.29 is 14.3 Å². The molecule has 1 aliphatic rings. The number of pyridine rings is 2. The van der Waals surface area contributed by atoms with Crippen LogP contribution in [0.3, 0.4) is 0 Å². The Labute approximate surface area is 188 Å². The number of aryl methyl sites for hydroxylation is 2. The van der Waals surface area contributed by atoms with Crippen LogP contribution in [-0.4, -0.2) is 47.1 Å². The van der Waals surface area contributed by atoms with Gasteiger partial charge in [0, 0.05) is 12.2 Å². The van der Waals surface area contributed by atoms with Crippen molar-refractivity contribution in [3.8, 4) is 5.75 Å². The lowest BCUT2D eigenvalue weighted by atomic mass is 10.1. The molecule has 0 radical (unpaired) electrons. The molecule has 166 valence electrons. The lowest BCUT2D eigenvalue weighted by Gasteiger charge is -2.33. The van der Waals surface area contributed by atoms with Crippen molar-refractivity contribution in [2.45, 2.75) is 26.4 Å². The maximum absolute atomic E-state index is 12.7. The Balaban J connectivity index is 1.34. The molecule has 32 heavy (non-hydrogen) atoms. The first kappa shape index (κ1) is 21.8. The molecule has 2 aromatic heterocycles. The Hall–Kier alpha value is -3.45. The molecule has 3 heterocycles. The van der Waals surface area contributed by atoms with Crippen LogP contribution in [0.25, 0.3) is 0 Å². The normalized spacial score (nSPS) is 15.9. The van der Waals surface area contributed by atoms with Crippen LogP contribution in [0, 0.1) is 13.8 Å². The van der Waals surface area contributed by atoms with E-state index >= 15 is 0 Å². The summed E-state index contributed by atoms with van der Waals surface area (Å²) in [6, 6.07) is 19.4. The summed E-state index contributed by atoms with van der Waals surface area (Å²) in [6.45, 7) is 5.82. The van der Waals surface area contributed by atoms with Crippen molar-refractivity contribution >= 4 is 17.5 Å². The number of hydrogen-bond acceptors (Lipinski definition) is 6. The molecule has 1 N–H and O–H groups in total. The zero-order valence-electron chi connectivity index (χ0n) is 18.5. The van der Waals surface area contributed by atoms with Crippen molar-refractivity contribution in [1.82, 2.24) is 14.9 Å². The highest BCUT2D eigenvalue weighted by molar-refractivity contribution is 5.76.